The minimum absolute atomic E-state index is 0.391. The Balaban J connectivity index is 3.04. The summed E-state index contributed by atoms with van der Waals surface area (Å²) in [5, 5.41) is 0. The molecule has 0 spiro atoms. The van der Waals surface area contributed by atoms with Gasteiger partial charge in [0.1, 0.15) is 11.3 Å². The molecule has 0 atom stereocenters. The molecular formula is C9H9O3. The van der Waals surface area contributed by atoms with Crippen molar-refractivity contribution < 1.29 is 14.3 Å². The van der Waals surface area contributed by atoms with E-state index in [9.17, 15) is 4.79 Å². The summed E-state index contributed by atoms with van der Waals surface area (Å²) < 4.78 is 9.49. The monoisotopic (exact) mass is 165 g/mol. The Morgan fingerprint density at radius 1 is 1.50 bits per heavy atom. The van der Waals surface area contributed by atoms with Crippen LogP contribution < -0.4 is 4.74 Å². The quantitative estimate of drug-likeness (QED) is 0.619. The van der Waals surface area contributed by atoms with Crippen molar-refractivity contribution in [3.8, 4) is 5.75 Å². The van der Waals surface area contributed by atoms with Gasteiger partial charge in [0, 0.05) is 0 Å². The van der Waals surface area contributed by atoms with E-state index in [2.05, 4.69) is 10.8 Å². The zero-order valence-electron chi connectivity index (χ0n) is 6.96. The Morgan fingerprint density at radius 2 is 2.25 bits per heavy atom. The minimum atomic E-state index is -0.413. The van der Waals surface area contributed by atoms with Crippen molar-refractivity contribution in [2.45, 2.75) is 0 Å². The summed E-state index contributed by atoms with van der Waals surface area (Å²) in [4.78, 5) is 11.1. The molecule has 0 aliphatic rings. The van der Waals surface area contributed by atoms with Gasteiger partial charge in [-0.3, -0.25) is 0 Å². The van der Waals surface area contributed by atoms with Gasteiger partial charge in [0.25, 0.3) is 0 Å². The van der Waals surface area contributed by atoms with Gasteiger partial charge in [0.2, 0.25) is 0 Å². The van der Waals surface area contributed by atoms with Crippen LogP contribution in [0.3, 0.4) is 0 Å². The molecule has 0 aromatic heterocycles. The van der Waals surface area contributed by atoms with Crippen LogP contribution in [0.5, 0.6) is 5.75 Å². The second-order valence-electron chi connectivity index (χ2n) is 2.12. The first-order valence-electron chi connectivity index (χ1n) is 3.42. The fraction of sp³-hybridized carbons (Fsp3) is 0.222. The smallest absolute Gasteiger partial charge is 0.341 e. The molecule has 0 unspecified atom stereocenters. The van der Waals surface area contributed by atoms with Crippen LogP contribution in [0.15, 0.2) is 18.2 Å². The summed E-state index contributed by atoms with van der Waals surface area (Å²) in [6.07, 6.45) is 0. The summed E-state index contributed by atoms with van der Waals surface area (Å²) in [5.41, 5.74) is 0.391. The Kier molecular flexibility index (Phi) is 2.69. The molecule has 1 radical (unpaired) electrons. The van der Waals surface area contributed by atoms with Crippen molar-refractivity contribution in [2.24, 2.45) is 0 Å². The molecule has 3 nitrogen and oxygen atoms in total. The molecule has 1 rings (SSSR count). The van der Waals surface area contributed by atoms with Crippen LogP contribution in [0.25, 0.3) is 0 Å². The molecule has 0 heterocycles. The van der Waals surface area contributed by atoms with E-state index in [0.717, 1.165) is 0 Å². The Labute approximate surface area is 70.9 Å². The second kappa shape index (κ2) is 3.76. The number of hydrogen-bond donors (Lipinski definition) is 0. The molecule has 0 bridgehead atoms. The highest BCUT2D eigenvalue weighted by atomic mass is 16.5. The maximum atomic E-state index is 11.1. The van der Waals surface area contributed by atoms with Crippen molar-refractivity contribution in [1.29, 1.82) is 0 Å². The fourth-order valence-corrected chi connectivity index (χ4v) is 0.864. The van der Waals surface area contributed by atoms with Crippen LogP contribution in [0.1, 0.15) is 10.4 Å². The van der Waals surface area contributed by atoms with Gasteiger partial charge >= 0.3 is 5.97 Å². The first-order valence-corrected chi connectivity index (χ1v) is 3.42. The summed E-state index contributed by atoms with van der Waals surface area (Å²) in [6, 6.07) is 7.63. The lowest BCUT2D eigenvalue weighted by Gasteiger charge is -2.04. The van der Waals surface area contributed by atoms with Crippen LogP contribution in [-0.2, 0) is 4.74 Å². The van der Waals surface area contributed by atoms with Gasteiger partial charge in [0.15, 0.2) is 0 Å². The summed E-state index contributed by atoms with van der Waals surface area (Å²) >= 11 is 0. The predicted molar refractivity (Wildman–Crippen MR) is 43.2 cm³/mol. The maximum Gasteiger partial charge on any atom is 0.341 e. The molecule has 1 aromatic rings. The average Bonchev–Trinajstić information content (AvgIpc) is 2.16. The third kappa shape index (κ3) is 1.56. The molecule has 12 heavy (non-hydrogen) atoms. The standard InChI is InChI=1S/C9H9O3/c1-11-8-6-4-3-5-7(8)9(10)12-2/h4-6H,1-2H3. The molecule has 0 aliphatic heterocycles. The first-order chi connectivity index (χ1) is 5.79. The molecule has 0 saturated carbocycles. The van der Waals surface area contributed by atoms with Crippen LogP contribution in [0.2, 0.25) is 0 Å². The van der Waals surface area contributed by atoms with Gasteiger partial charge in [-0.05, 0) is 18.2 Å². The number of benzene rings is 1. The van der Waals surface area contributed by atoms with Gasteiger partial charge in [0.05, 0.1) is 14.2 Å². The lowest BCUT2D eigenvalue weighted by atomic mass is 10.2. The third-order valence-corrected chi connectivity index (χ3v) is 1.45. The van der Waals surface area contributed by atoms with E-state index in [0.29, 0.717) is 11.3 Å². The Bertz CT molecular complexity index is 281. The summed E-state index contributed by atoms with van der Waals surface area (Å²) in [6.45, 7) is 0. The topological polar surface area (TPSA) is 35.5 Å². The average molecular weight is 165 g/mol. The number of ether oxygens (including phenoxy) is 2. The Morgan fingerprint density at radius 3 is 2.83 bits per heavy atom. The van der Waals surface area contributed by atoms with Crippen molar-refractivity contribution >= 4 is 5.97 Å². The predicted octanol–water partition coefficient (Wildman–Crippen LogP) is 1.28. The number of carbonyl (C=O) groups is 1. The lowest BCUT2D eigenvalue weighted by molar-refractivity contribution is 0.0597. The summed E-state index contributed by atoms with van der Waals surface area (Å²) in [7, 11) is 2.83. The van der Waals surface area contributed by atoms with Gasteiger partial charge in [-0.2, -0.15) is 0 Å². The molecule has 3 heteroatoms. The lowest BCUT2D eigenvalue weighted by Crippen LogP contribution is -2.03. The largest absolute Gasteiger partial charge is 0.496 e. The van der Waals surface area contributed by atoms with Gasteiger partial charge < -0.3 is 9.47 Å². The molecule has 0 aliphatic carbocycles. The molecule has 0 fully saturated rings. The molecule has 63 valence electrons. The molecule has 0 saturated heterocycles. The second-order valence-corrected chi connectivity index (χ2v) is 2.12. The van der Waals surface area contributed by atoms with E-state index in [1.807, 2.05) is 0 Å². The zero-order valence-corrected chi connectivity index (χ0v) is 6.96. The zero-order chi connectivity index (χ0) is 8.97. The van der Waals surface area contributed by atoms with Crippen molar-refractivity contribution in [3.63, 3.8) is 0 Å². The number of rotatable bonds is 2. The minimum Gasteiger partial charge on any atom is -0.496 e. The van der Waals surface area contributed by atoms with Crippen molar-refractivity contribution in [1.82, 2.24) is 0 Å². The highest BCUT2D eigenvalue weighted by Gasteiger charge is 2.10. The van der Waals surface area contributed by atoms with E-state index in [1.165, 1.54) is 20.3 Å². The van der Waals surface area contributed by atoms with Crippen LogP contribution in [-0.4, -0.2) is 20.2 Å². The molecular weight excluding hydrogens is 156 g/mol. The van der Waals surface area contributed by atoms with E-state index in [4.69, 9.17) is 4.74 Å². The van der Waals surface area contributed by atoms with Crippen molar-refractivity contribution in [2.75, 3.05) is 14.2 Å². The third-order valence-electron chi connectivity index (χ3n) is 1.45. The van der Waals surface area contributed by atoms with Gasteiger partial charge in [-0.1, -0.05) is 6.07 Å². The van der Waals surface area contributed by atoms with E-state index in [-0.39, 0.29) is 0 Å². The molecule has 0 amide bonds. The summed E-state index contributed by atoms with van der Waals surface area (Å²) in [5.74, 6) is 0.0873. The highest BCUT2D eigenvalue weighted by Crippen LogP contribution is 2.17. The van der Waals surface area contributed by atoms with Gasteiger partial charge in [-0.25, -0.2) is 4.79 Å². The normalized spacial score (nSPS) is 9.17. The maximum absolute atomic E-state index is 11.1. The number of methoxy groups -OCH3 is 2. The van der Waals surface area contributed by atoms with E-state index >= 15 is 0 Å². The molecule has 0 N–H and O–H groups in total. The molecule has 1 aromatic carbocycles. The highest BCUT2D eigenvalue weighted by molar-refractivity contribution is 5.92. The van der Waals surface area contributed by atoms with E-state index in [1.54, 1.807) is 12.1 Å². The Hall–Kier alpha value is -1.51. The van der Waals surface area contributed by atoms with Crippen LogP contribution in [0.4, 0.5) is 0 Å². The SMILES string of the molecule is COC(=O)c1c[c]ccc1OC. The van der Waals surface area contributed by atoms with Crippen molar-refractivity contribution in [3.05, 3.63) is 29.8 Å². The number of esters is 1. The fourth-order valence-electron chi connectivity index (χ4n) is 0.864. The number of hydrogen-bond acceptors (Lipinski definition) is 3. The number of carbonyl (C=O) groups excluding carboxylic acids is 1. The van der Waals surface area contributed by atoms with Gasteiger partial charge in [-0.15, -0.1) is 0 Å². The van der Waals surface area contributed by atoms with Crippen LogP contribution in [0, 0.1) is 6.07 Å². The van der Waals surface area contributed by atoms with Crippen LogP contribution >= 0.6 is 0 Å². The first kappa shape index (κ1) is 8.59. The van der Waals surface area contributed by atoms with E-state index < -0.39 is 5.97 Å².